The second-order valence-electron chi connectivity index (χ2n) is 8.29. The van der Waals surface area contributed by atoms with Gasteiger partial charge in [-0.05, 0) is 56.3 Å². The Labute approximate surface area is 187 Å². The van der Waals surface area contributed by atoms with Crippen LogP contribution < -0.4 is 10.3 Å². The van der Waals surface area contributed by atoms with Gasteiger partial charge in [0.15, 0.2) is 0 Å². The van der Waals surface area contributed by atoms with Gasteiger partial charge < -0.3 is 9.47 Å². The number of esters is 1. The Bertz CT molecular complexity index is 1130. The molecule has 2 atom stereocenters. The van der Waals surface area contributed by atoms with Crippen LogP contribution in [0.2, 0.25) is 0 Å². The molecule has 0 bridgehead atoms. The van der Waals surface area contributed by atoms with Crippen LogP contribution in [0.4, 0.5) is 0 Å². The molecule has 0 aliphatic carbocycles. The van der Waals surface area contributed by atoms with Crippen molar-refractivity contribution in [2.24, 2.45) is 5.92 Å². The molecule has 2 heterocycles. The van der Waals surface area contributed by atoms with Crippen LogP contribution in [-0.4, -0.2) is 47.7 Å². The molecular formula is C25H29N3O4. The lowest BCUT2D eigenvalue weighted by Crippen LogP contribution is -2.38. The van der Waals surface area contributed by atoms with Gasteiger partial charge in [-0.1, -0.05) is 24.3 Å². The number of rotatable bonds is 7. The number of ether oxygens (including phenoxy) is 2. The first-order chi connectivity index (χ1) is 15.6. The van der Waals surface area contributed by atoms with Crippen molar-refractivity contribution in [3.8, 4) is 5.75 Å². The fraction of sp³-hybridized carbons (Fsp3) is 0.400. The van der Waals surface area contributed by atoms with Crippen LogP contribution in [-0.2, 0) is 16.1 Å². The van der Waals surface area contributed by atoms with E-state index in [1.54, 1.807) is 19.2 Å². The SMILES string of the molecule is COc1ccc([C@@H]2[C@@H](COC(=O)CCn3cnc4ccccc4c3=O)CCCN2C)cc1. The first kappa shape index (κ1) is 22.0. The number of para-hydroxylation sites is 1. The highest BCUT2D eigenvalue weighted by Gasteiger charge is 2.31. The molecule has 1 aromatic heterocycles. The maximum Gasteiger partial charge on any atom is 0.307 e. The lowest BCUT2D eigenvalue weighted by atomic mass is 9.85. The van der Waals surface area contributed by atoms with E-state index < -0.39 is 0 Å². The Balaban J connectivity index is 1.37. The van der Waals surface area contributed by atoms with Crippen molar-refractivity contribution in [2.45, 2.75) is 31.8 Å². The van der Waals surface area contributed by atoms with E-state index in [2.05, 4.69) is 29.1 Å². The minimum Gasteiger partial charge on any atom is -0.497 e. The van der Waals surface area contributed by atoms with E-state index in [0.717, 1.165) is 25.1 Å². The van der Waals surface area contributed by atoms with Gasteiger partial charge in [-0.3, -0.25) is 19.1 Å². The number of methoxy groups -OCH3 is 1. The van der Waals surface area contributed by atoms with Crippen molar-refractivity contribution in [3.63, 3.8) is 0 Å². The highest BCUT2D eigenvalue weighted by atomic mass is 16.5. The van der Waals surface area contributed by atoms with E-state index in [0.29, 0.717) is 17.5 Å². The summed E-state index contributed by atoms with van der Waals surface area (Å²) < 4.78 is 12.4. The summed E-state index contributed by atoms with van der Waals surface area (Å²) in [7, 11) is 3.77. The summed E-state index contributed by atoms with van der Waals surface area (Å²) in [5.41, 5.74) is 1.71. The summed E-state index contributed by atoms with van der Waals surface area (Å²) in [6.07, 6.45) is 3.70. The van der Waals surface area contributed by atoms with E-state index in [-0.39, 0.29) is 36.5 Å². The van der Waals surface area contributed by atoms with Gasteiger partial charge in [0.25, 0.3) is 5.56 Å². The lowest BCUT2D eigenvalue weighted by molar-refractivity contribution is -0.146. The van der Waals surface area contributed by atoms with Crippen LogP contribution in [0.25, 0.3) is 10.9 Å². The molecule has 0 saturated carbocycles. The van der Waals surface area contributed by atoms with E-state index in [1.165, 1.54) is 16.5 Å². The molecule has 2 aromatic carbocycles. The quantitative estimate of drug-likeness (QED) is 0.530. The number of carbonyl (C=O) groups excluding carboxylic acids is 1. The number of piperidine rings is 1. The highest BCUT2D eigenvalue weighted by molar-refractivity contribution is 5.77. The third kappa shape index (κ3) is 4.83. The maximum atomic E-state index is 12.6. The fourth-order valence-corrected chi connectivity index (χ4v) is 4.51. The number of nitrogens with zero attached hydrogens (tertiary/aromatic N) is 3. The minimum absolute atomic E-state index is 0.135. The number of aromatic nitrogens is 2. The molecule has 0 radical (unpaired) electrons. The van der Waals surface area contributed by atoms with E-state index in [1.807, 2.05) is 24.3 Å². The first-order valence-electron chi connectivity index (χ1n) is 11.0. The zero-order chi connectivity index (χ0) is 22.5. The topological polar surface area (TPSA) is 73.7 Å². The van der Waals surface area contributed by atoms with Crippen molar-refractivity contribution < 1.29 is 14.3 Å². The number of hydrogen-bond acceptors (Lipinski definition) is 6. The minimum atomic E-state index is -0.299. The zero-order valence-corrected chi connectivity index (χ0v) is 18.6. The summed E-state index contributed by atoms with van der Waals surface area (Å²) >= 11 is 0. The third-order valence-corrected chi connectivity index (χ3v) is 6.21. The lowest BCUT2D eigenvalue weighted by Gasteiger charge is -2.39. The summed E-state index contributed by atoms with van der Waals surface area (Å²) in [6.45, 7) is 1.63. The second-order valence-corrected chi connectivity index (χ2v) is 8.29. The number of likely N-dealkylation sites (tertiary alicyclic amines) is 1. The molecule has 32 heavy (non-hydrogen) atoms. The Morgan fingerprint density at radius 1 is 1.16 bits per heavy atom. The predicted molar refractivity (Wildman–Crippen MR) is 123 cm³/mol. The summed E-state index contributed by atoms with van der Waals surface area (Å²) in [6, 6.07) is 15.5. The Hall–Kier alpha value is -3.19. The highest BCUT2D eigenvalue weighted by Crippen LogP contribution is 2.35. The smallest absolute Gasteiger partial charge is 0.307 e. The van der Waals surface area contributed by atoms with Crippen LogP contribution in [0.1, 0.15) is 30.9 Å². The van der Waals surface area contributed by atoms with Gasteiger partial charge in [0, 0.05) is 18.5 Å². The van der Waals surface area contributed by atoms with Crippen molar-refractivity contribution >= 4 is 16.9 Å². The van der Waals surface area contributed by atoms with Gasteiger partial charge in [0.05, 0.1) is 37.4 Å². The third-order valence-electron chi connectivity index (χ3n) is 6.21. The number of benzene rings is 2. The van der Waals surface area contributed by atoms with Crippen LogP contribution in [0.5, 0.6) is 5.75 Å². The summed E-state index contributed by atoms with van der Waals surface area (Å²) in [5.74, 6) is 0.747. The van der Waals surface area contributed by atoms with Crippen molar-refractivity contribution in [1.29, 1.82) is 0 Å². The van der Waals surface area contributed by atoms with Crippen LogP contribution in [0, 0.1) is 5.92 Å². The van der Waals surface area contributed by atoms with Gasteiger partial charge in [-0.15, -0.1) is 0 Å². The normalized spacial score (nSPS) is 19.1. The van der Waals surface area contributed by atoms with Gasteiger partial charge in [-0.25, -0.2) is 4.98 Å². The Morgan fingerprint density at radius 3 is 2.72 bits per heavy atom. The first-order valence-corrected chi connectivity index (χ1v) is 11.0. The molecule has 0 N–H and O–H groups in total. The molecule has 3 aromatic rings. The monoisotopic (exact) mass is 435 g/mol. The van der Waals surface area contributed by atoms with Crippen LogP contribution in [0.15, 0.2) is 59.7 Å². The van der Waals surface area contributed by atoms with E-state index >= 15 is 0 Å². The van der Waals surface area contributed by atoms with Crippen molar-refractivity contribution in [1.82, 2.24) is 14.5 Å². The van der Waals surface area contributed by atoms with Gasteiger partial charge in [-0.2, -0.15) is 0 Å². The Kier molecular flexibility index (Phi) is 6.85. The summed E-state index contributed by atoms with van der Waals surface area (Å²) in [5, 5.41) is 0.552. The average Bonchev–Trinajstić information content (AvgIpc) is 2.82. The number of fused-ring (bicyclic) bond motifs is 1. The predicted octanol–water partition coefficient (Wildman–Crippen LogP) is 3.42. The van der Waals surface area contributed by atoms with Crippen molar-refractivity contribution in [3.05, 3.63) is 70.8 Å². The molecule has 168 valence electrons. The molecule has 1 aliphatic rings. The van der Waals surface area contributed by atoms with Crippen LogP contribution >= 0.6 is 0 Å². The van der Waals surface area contributed by atoms with Crippen LogP contribution in [0.3, 0.4) is 0 Å². The molecule has 0 unspecified atom stereocenters. The Morgan fingerprint density at radius 2 is 1.94 bits per heavy atom. The van der Waals surface area contributed by atoms with Gasteiger partial charge in [0.1, 0.15) is 5.75 Å². The second kappa shape index (κ2) is 9.96. The average molecular weight is 436 g/mol. The maximum absolute atomic E-state index is 12.6. The van der Waals surface area contributed by atoms with Gasteiger partial charge in [0.2, 0.25) is 0 Å². The molecule has 0 spiro atoms. The molecule has 7 heteroatoms. The molecular weight excluding hydrogens is 406 g/mol. The molecule has 1 saturated heterocycles. The molecule has 4 rings (SSSR count). The molecule has 1 aliphatic heterocycles. The largest absolute Gasteiger partial charge is 0.497 e. The number of hydrogen-bond donors (Lipinski definition) is 0. The molecule has 1 fully saturated rings. The molecule has 0 amide bonds. The number of carbonyl (C=O) groups is 1. The van der Waals surface area contributed by atoms with E-state index in [9.17, 15) is 9.59 Å². The number of aryl methyl sites for hydroxylation is 1. The van der Waals surface area contributed by atoms with Crippen molar-refractivity contribution in [2.75, 3.05) is 27.3 Å². The summed E-state index contributed by atoms with van der Waals surface area (Å²) in [4.78, 5) is 31.7. The van der Waals surface area contributed by atoms with Gasteiger partial charge >= 0.3 is 5.97 Å². The zero-order valence-electron chi connectivity index (χ0n) is 18.6. The van der Waals surface area contributed by atoms with E-state index in [4.69, 9.17) is 9.47 Å². The molecule has 7 nitrogen and oxygen atoms in total. The fourth-order valence-electron chi connectivity index (χ4n) is 4.51. The standard InChI is InChI=1S/C25H29N3O4/c1-27-14-5-6-19(24(27)18-9-11-20(31-2)12-10-18)16-32-23(29)13-15-28-17-26-22-8-4-3-7-21(22)25(28)30/h3-4,7-12,17,19,24H,5-6,13-16H2,1-2H3/t19-,24-/m1/s1.